The standard InChI is InChI=1S/C61H72N18O16/c62-15-6-5-10-39(61(95)79-17-7-13-48(79)59(93)67-25-50(63)84)70-53(87)40(18-33-26-77(31-81)46-11-3-1-8-37(33)46)72-57(91)44(22-51(85)86)74-55(89)42(20-35-23-64-29-68-35)73-58(92)45(28-80)76-54(88)41(19-34-27-78(32-82)47-12-4-2-9-38(34)47)71-56(90)43(21-36-24-65-30-69-36)75-60(94)52-49(83)14-16-66-52/h1-4,7-9,11-13,23-24,26-27,29-32,39-45,48,52,66,80H,5-6,10,14-22,25,28,62H2,(H2,63,84)(H,64,68)(H,65,69)(H,67,93)(H,70,87)(H,71,90)(H,72,91)(H,73,92)(H,74,89)(H,75,94)(H,76,88)(H,85,86)/t39-,40-,41-,42-,43-,44-,45-,48-,52+/m0/s1. The van der Waals surface area contributed by atoms with Crippen molar-refractivity contribution in [3.63, 3.8) is 0 Å². The van der Waals surface area contributed by atoms with Gasteiger partial charge in [-0.1, -0.05) is 48.6 Å². The molecule has 17 N–H and O–H groups in total. The zero-order valence-electron chi connectivity index (χ0n) is 51.0. The number of benzene rings is 2. The highest BCUT2D eigenvalue weighted by atomic mass is 16.4. The summed E-state index contributed by atoms with van der Waals surface area (Å²) < 4.78 is 2.45. The maximum absolute atomic E-state index is 14.8. The number of nitrogens with two attached hydrogens (primary N) is 2. The molecule has 0 aliphatic carbocycles. The number of primary amides is 1. The number of rotatable bonds is 35. The van der Waals surface area contributed by atoms with Crippen LogP contribution in [0.2, 0.25) is 0 Å². The Balaban J connectivity index is 1.04. The molecule has 9 atom stereocenters. The van der Waals surface area contributed by atoms with Gasteiger partial charge < -0.3 is 79.1 Å². The van der Waals surface area contributed by atoms with Gasteiger partial charge in [-0.25, -0.2) is 9.97 Å². The lowest BCUT2D eigenvalue weighted by atomic mass is 10.0. The summed E-state index contributed by atoms with van der Waals surface area (Å²) in [7, 11) is 0. The van der Waals surface area contributed by atoms with Gasteiger partial charge in [0, 0.05) is 92.1 Å². The maximum Gasteiger partial charge on any atom is 0.305 e. The summed E-state index contributed by atoms with van der Waals surface area (Å²) in [5.74, 6) is -12.0. The first-order valence-corrected chi connectivity index (χ1v) is 30.2. The van der Waals surface area contributed by atoms with Crippen LogP contribution in [0.15, 0.2) is 98.1 Å². The molecule has 0 radical (unpaired) electrons. The Hall–Kier alpha value is -11.3. The minimum Gasteiger partial charge on any atom is -0.481 e. The molecule has 0 spiro atoms. The molecule has 6 heterocycles. The predicted molar refractivity (Wildman–Crippen MR) is 334 cm³/mol. The number of hydrogen-bond donors (Lipinski definition) is 15. The minimum absolute atomic E-state index is 0.0370. The van der Waals surface area contributed by atoms with Crippen LogP contribution in [0.3, 0.4) is 0 Å². The number of imidazole rings is 2. The highest BCUT2D eigenvalue weighted by Gasteiger charge is 2.40. The minimum atomic E-state index is -2.05. The predicted octanol–water partition coefficient (Wildman–Crippen LogP) is -5.32. The number of H-pyrrole nitrogens is 2. The molecule has 1 fully saturated rings. The second kappa shape index (κ2) is 32.8. The van der Waals surface area contributed by atoms with Crippen LogP contribution in [0, 0.1) is 0 Å². The van der Waals surface area contributed by atoms with Crippen molar-refractivity contribution in [3.05, 3.63) is 121 Å². The topological polar surface area (TPSA) is 510 Å². The maximum atomic E-state index is 14.8. The fourth-order valence-electron chi connectivity index (χ4n) is 11.1. The third kappa shape index (κ3) is 18.1. The quantitative estimate of drug-likeness (QED) is 0.00765. The number of fused-ring (bicyclic) bond motifs is 2. The number of para-hydroxylation sites is 2. The smallest absolute Gasteiger partial charge is 0.305 e. The number of aliphatic carboxylic acids is 1. The van der Waals surface area contributed by atoms with Crippen molar-refractivity contribution < 1.29 is 77.3 Å². The van der Waals surface area contributed by atoms with Gasteiger partial charge in [-0.3, -0.25) is 81.6 Å². The van der Waals surface area contributed by atoms with Gasteiger partial charge in [0.25, 0.3) is 0 Å². The number of amides is 10. The summed E-state index contributed by atoms with van der Waals surface area (Å²) in [6, 6.07) is -1.34. The highest BCUT2D eigenvalue weighted by Crippen LogP contribution is 2.24. The van der Waals surface area contributed by atoms with Crippen LogP contribution >= 0.6 is 0 Å². The number of Topliss-reactive ketones (excluding diaryl/α,β-unsaturated/α-hetero) is 1. The molecule has 2 aliphatic heterocycles. The van der Waals surface area contributed by atoms with Crippen LogP contribution in [0.25, 0.3) is 21.8 Å². The number of aliphatic hydroxyl groups is 1. The van der Waals surface area contributed by atoms with E-state index in [2.05, 4.69) is 67.8 Å². The molecule has 1 saturated heterocycles. The van der Waals surface area contributed by atoms with Crippen molar-refractivity contribution in [2.24, 2.45) is 11.5 Å². The van der Waals surface area contributed by atoms with Crippen LogP contribution in [-0.2, 0) is 92.8 Å². The molecule has 34 heteroatoms. The van der Waals surface area contributed by atoms with Crippen LogP contribution < -0.4 is 59.3 Å². The lowest BCUT2D eigenvalue weighted by Gasteiger charge is -2.30. The van der Waals surface area contributed by atoms with Gasteiger partial charge in [-0.2, -0.15) is 0 Å². The fraction of sp³-hybridized carbons (Fsp3) is 0.377. The van der Waals surface area contributed by atoms with Gasteiger partial charge in [0.2, 0.25) is 71.9 Å². The number of carbonyl (C=O) groups excluding carboxylic acids is 13. The van der Waals surface area contributed by atoms with E-state index in [4.69, 9.17) is 11.5 Å². The summed E-state index contributed by atoms with van der Waals surface area (Å²) in [6.07, 6.45) is 10.1. The zero-order chi connectivity index (χ0) is 68.3. The molecule has 95 heavy (non-hydrogen) atoms. The second-order valence-corrected chi connectivity index (χ2v) is 22.5. The molecule has 4 aromatic heterocycles. The van der Waals surface area contributed by atoms with E-state index in [1.807, 2.05) is 0 Å². The summed E-state index contributed by atoms with van der Waals surface area (Å²) in [4.78, 5) is 204. The average Bonchev–Trinajstić information content (AvgIpc) is 1.72. The van der Waals surface area contributed by atoms with Crippen molar-refractivity contribution in [3.8, 4) is 0 Å². The molecule has 0 saturated carbocycles. The number of carboxylic acids is 1. The molecule has 8 rings (SSSR count). The Morgan fingerprint density at radius 3 is 1.59 bits per heavy atom. The van der Waals surface area contributed by atoms with Crippen molar-refractivity contribution in [1.29, 1.82) is 0 Å². The van der Waals surface area contributed by atoms with Gasteiger partial charge in [0.1, 0.15) is 54.4 Å². The van der Waals surface area contributed by atoms with E-state index >= 15 is 0 Å². The van der Waals surface area contributed by atoms with E-state index < -0.39 is 158 Å². The number of ketones is 1. The van der Waals surface area contributed by atoms with E-state index in [-0.39, 0.29) is 57.4 Å². The molecule has 6 aromatic rings. The van der Waals surface area contributed by atoms with E-state index in [0.29, 0.717) is 57.9 Å². The Morgan fingerprint density at radius 2 is 1.12 bits per heavy atom. The Labute approximate surface area is 539 Å². The molecule has 0 unspecified atom stereocenters. The van der Waals surface area contributed by atoms with Crippen LogP contribution in [0.5, 0.6) is 0 Å². The van der Waals surface area contributed by atoms with E-state index in [0.717, 1.165) is 4.90 Å². The molecular formula is C61H72N18O16. The zero-order valence-corrected chi connectivity index (χ0v) is 51.0. The lowest BCUT2D eigenvalue weighted by Crippen LogP contribution is -2.62. The van der Waals surface area contributed by atoms with Crippen molar-refractivity contribution >= 4 is 105 Å². The number of hydrogen-bond acceptors (Lipinski definition) is 19. The molecular weight excluding hydrogens is 1240 g/mol. The Bertz CT molecular complexity index is 3860. The molecule has 2 aliphatic rings. The summed E-state index contributed by atoms with van der Waals surface area (Å²) in [5.41, 5.74) is 13.1. The first-order chi connectivity index (χ1) is 45.7. The summed E-state index contributed by atoms with van der Waals surface area (Å²) in [5, 5.41) is 44.6. The van der Waals surface area contributed by atoms with Gasteiger partial charge in [0.05, 0.1) is 43.3 Å². The van der Waals surface area contributed by atoms with Gasteiger partial charge in [-0.15, -0.1) is 0 Å². The van der Waals surface area contributed by atoms with Crippen molar-refractivity contribution in [2.45, 2.75) is 112 Å². The van der Waals surface area contributed by atoms with E-state index in [9.17, 15) is 77.3 Å². The highest BCUT2D eigenvalue weighted by molar-refractivity contribution is 6.08. The number of nitrogens with one attached hydrogen (secondary N) is 11. The lowest BCUT2D eigenvalue weighted by molar-refractivity contribution is -0.142. The largest absolute Gasteiger partial charge is 0.481 e. The number of carbonyl (C=O) groups is 14. The summed E-state index contributed by atoms with van der Waals surface area (Å²) in [6.45, 7) is -1.36. The Kier molecular flexibility index (Phi) is 24.1. The normalized spacial score (nSPS) is 16.5. The third-order valence-electron chi connectivity index (χ3n) is 15.8. The molecule has 34 nitrogen and oxygen atoms in total. The number of unbranched alkanes of at least 4 members (excludes halogenated alkanes) is 1. The van der Waals surface area contributed by atoms with Crippen molar-refractivity contribution in [2.75, 3.05) is 32.8 Å². The third-order valence-corrected chi connectivity index (χ3v) is 15.8. The van der Waals surface area contributed by atoms with Gasteiger partial charge in [0.15, 0.2) is 5.78 Å². The number of aromatic nitrogens is 6. The van der Waals surface area contributed by atoms with Crippen LogP contribution in [-0.4, -0.2) is 215 Å². The fourth-order valence-corrected chi connectivity index (χ4v) is 11.1. The van der Waals surface area contributed by atoms with E-state index in [1.165, 1.54) is 58.7 Å². The monoisotopic (exact) mass is 1310 g/mol. The molecule has 502 valence electrons. The van der Waals surface area contributed by atoms with Crippen LogP contribution in [0.1, 0.15) is 54.6 Å². The molecule has 0 bridgehead atoms. The first kappa shape index (κ1) is 69.6. The SMILES string of the molecule is NCCCC[C@H](NC(=O)[C@H](Cc1cn(C=O)c2ccccc12)NC(=O)[C@H](CC(=O)O)NC(=O)[C@H](Cc1cnc[nH]1)NC(=O)[C@H](CO)NC(=O)[C@H](Cc1cn(C=O)c2ccccc12)NC(=O)[C@H](Cc1cnc[nH]1)NC(=O)[C@@H]1NCCC1=O)C(=O)N1CC=C[C@H]1C(=O)NCC(N)=O. The second-order valence-electron chi connectivity index (χ2n) is 22.5. The number of aliphatic hydroxyl groups excluding tert-OH is 1. The average molecular weight is 1310 g/mol. The van der Waals surface area contributed by atoms with Gasteiger partial charge >= 0.3 is 5.97 Å². The first-order valence-electron chi connectivity index (χ1n) is 30.2. The number of aromatic amines is 2. The van der Waals surface area contributed by atoms with E-state index in [1.54, 1.807) is 48.5 Å². The molecule has 2 aromatic carbocycles. The summed E-state index contributed by atoms with van der Waals surface area (Å²) >= 11 is 0. The Morgan fingerprint density at radius 1 is 0.632 bits per heavy atom. The number of carboxylic acid groups (broad SMARTS) is 1. The molecule has 10 amide bonds. The number of nitrogens with zero attached hydrogens (tertiary/aromatic N) is 5. The van der Waals surface area contributed by atoms with Crippen LogP contribution in [0.4, 0.5) is 0 Å². The van der Waals surface area contributed by atoms with Gasteiger partial charge in [-0.05, 0) is 49.1 Å². The van der Waals surface area contributed by atoms with Crippen molar-refractivity contribution in [1.82, 2.24) is 81.8 Å².